The number of benzene rings is 2. The Bertz CT molecular complexity index is 1150. The first-order valence-corrected chi connectivity index (χ1v) is 11.0. The van der Waals surface area contributed by atoms with Crippen LogP contribution in [0.5, 0.6) is 0 Å². The van der Waals surface area contributed by atoms with Crippen LogP contribution in [0.2, 0.25) is 0 Å². The molecule has 0 aliphatic carbocycles. The van der Waals surface area contributed by atoms with Gasteiger partial charge in [-0.3, -0.25) is 14.4 Å². The zero-order chi connectivity index (χ0) is 24.5. The van der Waals surface area contributed by atoms with Gasteiger partial charge >= 0.3 is 12.1 Å². The molecule has 0 spiro atoms. The lowest BCUT2D eigenvalue weighted by Crippen LogP contribution is -2.43. The molecule has 0 unspecified atom stereocenters. The van der Waals surface area contributed by atoms with Crippen LogP contribution < -0.4 is 4.90 Å². The fourth-order valence-electron chi connectivity index (χ4n) is 4.24. The van der Waals surface area contributed by atoms with Crippen molar-refractivity contribution in [3.8, 4) is 0 Å². The number of piperidine rings is 1. The quantitative estimate of drug-likeness (QED) is 0.372. The van der Waals surface area contributed by atoms with Crippen LogP contribution in [0.25, 0.3) is 5.57 Å². The number of halogens is 3. The van der Waals surface area contributed by atoms with Gasteiger partial charge in [-0.05, 0) is 44.0 Å². The number of fused-ring (bicyclic) bond motifs is 1. The van der Waals surface area contributed by atoms with Gasteiger partial charge in [0.25, 0.3) is 11.8 Å². The highest BCUT2D eigenvalue weighted by Crippen LogP contribution is 2.36. The number of imide groups is 1. The maximum Gasteiger partial charge on any atom is 0.416 e. The monoisotopic (exact) mass is 472 g/mol. The summed E-state index contributed by atoms with van der Waals surface area (Å²) in [7, 11) is 0. The average Bonchev–Trinajstić information content (AvgIpc) is 2.82. The number of likely N-dealkylation sites (tertiary alicyclic amines) is 1. The molecule has 2 aliphatic rings. The maximum atomic E-state index is 13.4. The molecule has 0 atom stereocenters. The van der Waals surface area contributed by atoms with E-state index in [-0.39, 0.29) is 28.7 Å². The van der Waals surface area contributed by atoms with Gasteiger partial charge in [0.15, 0.2) is 0 Å². The molecule has 9 heteroatoms. The number of ether oxygens (including phenoxy) is 1. The van der Waals surface area contributed by atoms with E-state index in [1.54, 1.807) is 37.4 Å². The summed E-state index contributed by atoms with van der Waals surface area (Å²) in [5.74, 6) is -1.84. The molecule has 2 aromatic rings. The van der Waals surface area contributed by atoms with E-state index in [2.05, 4.69) is 0 Å². The number of anilines is 1. The number of alkyl halides is 3. The smallest absolute Gasteiger partial charge is 0.416 e. The van der Waals surface area contributed by atoms with Gasteiger partial charge in [-0.2, -0.15) is 13.2 Å². The number of esters is 1. The van der Waals surface area contributed by atoms with Gasteiger partial charge < -0.3 is 9.64 Å². The van der Waals surface area contributed by atoms with Crippen molar-refractivity contribution in [3.63, 3.8) is 0 Å². The second-order valence-electron chi connectivity index (χ2n) is 8.14. The normalized spacial score (nSPS) is 18.3. The summed E-state index contributed by atoms with van der Waals surface area (Å²) >= 11 is 0. The van der Waals surface area contributed by atoms with E-state index in [0.717, 1.165) is 17.0 Å². The van der Waals surface area contributed by atoms with Gasteiger partial charge in [-0.25, -0.2) is 4.90 Å². The van der Waals surface area contributed by atoms with E-state index in [4.69, 9.17) is 4.74 Å². The van der Waals surface area contributed by atoms with Crippen LogP contribution in [-0.2, 0) is 20.5 Å². The van der Waals surface area contributed by atoms with Crippen molar-refractivity contribution in [2.75, 3.05) is 24.6 Å². The van der Waals surface area contributed by atoms with E-state index in [0.29, 0.717) is 38.1 Å². The fraction of sp³-hybridized carbons (Fsp3) is 0.320. The lowest BCUT2D eigenvalue weighted by molar-refractivity contribution is -0.149. The summed E-state index contributed by atoms with van der Waals surface area (Å²) in [5, 5.41) is 0. The predicted molar refractivity (Wildman–Crippen MR) is 119 cm³/mol. The van der Waals surface area contributed by atoms with Crippen LogP contribution >= 0.6 is 0 Å². The SMILES string of the molecule is CCOC(=O)C1CCN(/C=C2\C(=O)N(c3cccc(C(F)(F)F)c3)C(=O)c3ccccc32)CC1. The molecule has 2 heterocycles. The molecule has 0 saturated carbocycles. The number of carbonyl (C=O) groups excluding carboxylic acids is 3. The number of hydrogen-bond donors (Lipinski definition) is 0. The number of amides is 2. The highest BCUT2D eigenvalue weighted by Gasteiger charge is 2.38. The van der Waals surface area contributed by atoms with Gasteiger partial charge in [-0.1, -0.05) is 24.3 Å². The third-order valence-electron chi connectivity index (χ3n) is 5.98. The summed E-state index contributed by atoms with van der Waals surface area (Å²) in [5.41, 5.74) is -0.232. The number of carbonyl (C=O) groups is 3. The molecule has 0 bridgehead atoms. The van der Waals surface area contributed by atoms with Crippen LogP contribution in [0.15, 0.2) is 54.7 Å². The second kappa shape index (κ2) is 9.32. The Morgan fingerprint density at radius 3 is 2.35 bits per heavy atom. The van der Waals surface area contributed by atoms with E-state index in [1.807, 2.05) is 4.90 Å². The molecule has 2 amide bonds. The molecule has 2 aromatic carbocycles. The fourth-order valence-corrected chi connectivity index (χ4v) is 4.24. The van der Waals surface area contributed by atoms with Crippen molar-refractivity contribution >= 4 is 29.0 Å². The zero-order valence-electron chi connectivity index (χ0n) is 18.5. The Morgan fingerprint density at radius 2 is 1.71 bits per heavy atom. The van der Waals surface area contributed by atoms with Gasteiger partial charge in [0, 0.05) is 30.4 Å². The van der Waals surface area contributed by atoms with Gasteiger partial charge in [-0.15, -0.1) is 0 Å². The van der Waals surface area contributed by atoms with Crippen LogP contribution in [-0.4, -0.2) is 42.4 Å². The molecule has 178 valence electrons. The highest BCUT2D eigenvalue weighted by atomic mass is 19.4. The highest BCUT2D eigenvalue weighted by molar-refractivity contribution is 6.41. The molecule has 4 rings (SSSR count). The third-order valence-corrected chi connectivity index (χ3v) is 5.98. The molecular weight excluding hydrogens is 449 g/mol. The van der Waals surface area contributed by atoms with Crippen molar-refractivity contribution < 1.29 is 32.3 Å². The van der Waals surface area contributed by atoms with Crippen molar-refractivity contribution in [3.05, 3.63) is 71.4 Å². The summed E-state index contributed by atoms with van der Waals surface area (Å²) in [6.07, 6.45) is -1.88. The van der Waals surface area contributed by atoms with Crippen molar-refractivity contribution in [1.82, 2.24) is 4.90 Å². The number of hydrogen-bond acceptors (Lipinski definition) is 5. The van der Waals surface area contributed by atoms with Crippen molar-refractivity contribution in [2.24, 2.45) is 5.92 Å². The molecule has 34 heavy (non-hydrogen) atoms. The number of nitrogens with zero attached hydrogens (tertiary/aromatic N) is 2. The summed E-state index contributed by atoms with van der Waals surface area (Å²) in [6.45, 7) is 3.06. The number of rotatable bonds is 4. The Balaban J connectivity index is 1.67. The first kappa shape index (κ1) is 23.5. The van der Waals surface area contributed by atoms with E-state index >= 15 is 0 Å². The largest absolute Gasteiger partial charge is 0.466 e. The Labute approximate surface area is 194 Å². The molecule has 6 nitrogen and oxygen atoms in total. The van der Waals surface area contributed by atoms with Crippen LogP contribution in [0.4, 0.5) is 18.9 Å². The molecule has 0 radical (unpaired) electrons. The van der Waals surface area contributed by atoms with E-state index < -0.39 is 23.6 Å². The van der Waals surface area contributed by atoms with E-state index in [1.165, 1.54) is 12.1 Å². The topological polar surface area (TPSA) is 66.9 Å². The summed E-state index contributed by atoms with van der Waals surface area (Å²) < 4.78 is 44.8. The van der Waals surface area contributed by atoms with E-state index in [9.17, 15) is 27.6 Å². The van der Waals surface area contributed by atoms with Crippen LogP contribution in [0.1, 0.15) is 41.3 Å². The first-order valence-electron chi connectivity index (χ1n) is 11.0. The Hall–Kier alpha value is -3.62. The molecular formula is C25H23F3N2O4. The molecule has 1 saturated heterocycles. The van der Waals surface area contributed by atoms with Gasteiger partial charge in [0.2, 0.25) is 0 Å². The lowest BCUT2D eigenvalue weighted by Gasteiger charge is -2.33. The Kier molecular flexibility index (Phi) is 6.45. The third kappa shape index (κ3) is 4.55. The average molecular weight is 472 g/mol. The minimum Gasteiger partial charge on any atom is -0.466 e. The minimum atomic E-state index is -4.61. The second-order valence-corrected chi connectivity index (χ2v) is 8.14. The Morgan fingerprint density at radius 1 is 1.03 bits per heavy atom. The summed E-state index contributed by atoms with van der Waals surface area (Å²) in [4.78, 5) is 41.3. The summed E-state index contributed by atoms with van der Waals surface area (Å²) in [6, 6.07) is 10.7. The van der Waals surface area contributed by atoms with Crippen LogP contribution in [0, 0.1) is 5.92 Å². The molecule has 2 aliphatic heterocycles. The van der Waals surface area contributed by atoms with Crippen molar-refractivity contribution in [1.29, 1.82) is 0 Å². The van der Waals surface area contributed by atoms with Crippen LogP contribution in [0.3, 0.4) is 0 Å². The van der Waals surface area contributed by atoms with Crippen molar-refractivity contribution in [2.45, 2.75) is 25.9 Å². The molecule has 0 N–H and O–H groups in total. The maximum absolute atomic E-state index is 13.4. The predicted octanol–water partition coefficient (Wildman–Crippen LogP) is 4.51. The van der Waals surface area contributed by atoms with Gasteiger partial charge in [0.1, 0.15) is 0 Å². The minimum absolute atomic E-state index is 0.147. The van der Waals surface area contributed by atoms with Gasteiger partial charge in [0.05, 0.1) is 29.3 Å². The molecule has 0 aromatic heterocycles. The first-order chi connectivity index (χ1) is 16.2. The standard InChI is InChI=1S/C25H23F3N2O4/c1-2-34-24(33)16-10-12-29(13-11-16)15-21-19-8-3-4-9-20(19)22(31)30(23(21)32)18-7-5-6-17(14-18)25(26,27)28/h3-9,14-16H,2,10-13H2,1H3/b21-15-. The lowest BCUT2D eigenvalue weighted by atomic mass is 9.92. The zero-order valence-corrected chi connectivity index (χ0v) is 18.5. The molecule has 1 fully saturated rings.